The molecule has 1 aliphatic rings. The molecule has 2 amide bonds. The van der Waals surface area contributed by atoms with E-state index in [1.165, 1.54) is 9.58 Å². The standard InChI is InChI=1S/C20H17N5O4/c26-18-10-11-19(27)24(18)12-14-6-8-15(9-7-14)20(28)29-13-17-21-22-23-25(17)16-4-2-1-3-5-16/h1-9H,10-13H2. The zero-order chi connectivity index (χ0) is 20.2. The SMILES string of the molecule is O=C(OCc1nnnn1-c1ccccc1)c1ccc(CN2C(=O)CCC2=O)cc1. The summed E-state index contributed by atoms with van der Waals surface area (Å²) < 4.78 is 6.82. The third-order valence-corrected chi connectivity index (χ3v) is 4.55. The van der Waals surface area contributed by atoms with Crippen LogP contribution in [0.1, 0.15) is 34.6 Å². The van der Waals surface area contributed by atoms with Gasteiger partial charge in [0.1, 0.15) is 0 Å². The van der Waals surface area contributed by atoms with Crippen LogP contribution in [-0.2, 0) is 27.5 Å². The minimum atomic E-state index is -0.521. The maximum absolute atomic E-state index is 12.3. The molecule has 1 saturated heterocycles. The Balaban J connectivity index is 1.38. The third-order valence-electron chi connectivity index (χ3n) is 4.55. The largest absolute Gasteiger partial charge is 0.454 e. The van der Waals surface area contributed by atoms with Crippen LogP contribution in [0.4, 0.5) is 0 Å². The van der Waals surface area contributed by atoms with Gasteiger partial charge in [0.25, 0.3) is 0 Å². The van der Waals surface area contributed by atoms with Crippen molar-refractivity contribution in [1.82, 2.24) is 25.1 Å². The maximum Gasteiger partial charge on any atom is 0.338 e. The highest BCUT2D eigenvalue weighted by atomic mass is 16.5. The van der Waals surface area contributed by atoms with E-state index in [9.17, 15) is 14.4 Å². The van der Waals surface area contributed by atoms with E-state index >= 15 is 0 Å². The lowest BCUT2D eigenvalue weighted by Crippen LogP contribution is -2.28. The molecule has 9 nitrogen and oxygen atoms in total. The van der Waals surface area contributed by atoms with Gasteiger partial charge in [0.15, 0.2) is 12.4 Å². The molecule has 0 saturated carbocycles. The lowest BCUT2D eigenvalue weighted by Gasteiger charge is -2.13. The molecule has 0 atom stereocenters. The summed E-state index contributed by atoms with van der Waals surface area (Å²) in [5.74, 6) is -0.469. The monoisotopic (exact) mass is 391 g/mol. The van der Waals surface area contributed by atoms with Crippen LogP contribution in [0.25, 0.3) is 5.69 Å². The number of rotatable bonds is 6. The van der Waals surface area contributed by atoms with Gasteiger partial charge in [-0.1, -0.05) is 30.3 Å². The second-order valence-electron chi connectivity index (χ2n) is 6.49. The first kappa shape index (κ1) is 18.5. The van der Waals surface area contributed by atoms with Crippen LogP contribution >= 0.6 is 0 Å². The van der Waals surface area contributed by atoms with Gasteiger partial charge in [0.2, 0.25) is 11.8 Å². The van der Waals surface area contributed by atoms with Gasteiger partial charge >= 0.3 is 5.97 Å². The summed E-state index contributed by atoms with van der Waals surface area (Å²) in [5, 5.41) is 11.4. The number of benzene rings is 2. The Kier molecular flexibility index (Phi) is 5.10. The van der Waals surface area contributed by atoms with Crippen molar-refractivity contribution >= 4 is 17.8 Å². The Morgan fingerprint density at radius 2 is 1.66 bits per heavy atom. The van der Waals surface area contributed by atoms with Gasteiger partial charge in [0.05, 0.1) is 17.8 Å². The van der Waals surface area contributed by atoms with Crippen LogP contribution in [0, 0.1) is 0 Å². The average molecular weight is 391 g/mol. The highest BCUT2D eigenvalue weighted by Crippen LogP contribution is 2.17. The number of amides is 2. The number of nitrogens with zero attached hydrogens (tertiary/aromatic N) is 5. The predicted molar refractivity (Wildman–Crippen MR) is 99.5 cm³/mol. The second-order valence-corrected chi connectivity index (χ2v) is 6.49. The van der Waals surface area contributed by atoms with Crippen molar-refractivity contribution in [2.45, 2.75) is 26.0 Å². The first-order chi connectivity index (χ1) is 14.1. The first-order valence-corrected chi connectivity index (χ1v) is 9.04. The Morgan fingerprint density at radius 1 is 0.966 bits per heavy atom. The van der Waals surface area contributed by atoms with Crippen molar-refractivity contribution in [2.75, 3.05) is 0 Å². The lowest BCUT2D eigenvalue weighted by atomic mass is 10.1. The zero-order valence-electron chi connectivity index (χ0n) is 15.4. The highest BCUT2D eigenvalue weighted by molar-refractivity contribution is 6.01. The lowest BCUT2D eigenvalue weighted by molar-refractivity contribution is -0.139. The first-order valence-electron chi connectivity index (χ1n) is 9.04. The van der Waals surface area contributed by atoms with E-state index in [1.807, 2.05) is 30.3 Å². The van der Waals surface area contributed by atoms with Crippen molar-refractivity contribution in [1.29, 1.82) is 0 Å². The molecule has 1 aromatic heterocycles. The third kappa shape index (κ3) is 4.03. The molecule has 3 aromatic rings. The predicted octanol–water partition coefficient (Wildman–Crippen LogP) is 1.67. The molecule has 2 heterocycles. The van der Waals surface area contributed by atoms with E-state index in [4.69, 9.17) is 4.74 Å². The van der Waals surface area contributed by atoms with Gasteiger partial charge in [-0.2, -0.15) is 4.68 Å². The summed E-state index contributed by atoms with van der Waals surface area (Å²) in [5.41, 5.74) is 1.88. The molecule has 0 radical (unpaired) electrons. The average Bonchev–Trinajstić information content (AvgIpc) is 3.35. The van der Waals surface area contributed by atoms with Crippen LogP contribution in [0.5, 0.6) is 0 Å². The van der Waals surface area contributed by atoms with Gasteiger partial charge in [-0.3, -0.25) is 14.5 Å². The second kappa shape index (κ2) is 8.01. The number of likely N-dealkylation sites (tertiary alicyclic amines) is 1. The smallest absolute Gasteiger partial charge is 0.338 e. The van der Waals surface area contributed by atoms with Crippen LogP contribution in [-0.4, -0.2) is 42.9 Å². The Morgan fingerprint density at radius 3 is 2.34 bits per heavy atom. The summed E-state index contributed by atoms with van der Waals surface area (Å²) in [7, 11) is 0. The molecule has 29 heavy (non-hydrogen) atoms. The van der Waals surface area contributed by atoms with E-state index in [0.717, 1.165) is 11.3 Å². The normalized spacial score (nSPS) is 13.7. The Bertz CT molecular complexity index is 1030. The summed E-state index contributed by atoms with van der Waals surface area (Å²) in [6, 6.07) is 15.9. The van der Waals surface area contributed by atoms with Crippen molar-refractivity contribution in [3.8, 4) is 5.69 Å². The minimum absolute atomic E-state index is 0.0841. The van der Waals surface area contributed by atoms with E-state index in [2.05, 4.69) is 15.5 Å². The van der Waals surface area contributed by atoms with Crippen LogP contribution in [0.3, 0.4) is 0 Å². The molecule has 0 aliphatic carbocycles. The molecule has 9 heteroatoms. The van der Waals surface area contributed by atoms with Crippen molar-refractivity contribution in [2.24, 2.45) is 0 Å². The topological polar surface area (TPSA) is 107 Å². The Labute approximate surface area is 165 Å². The van der Waals surface area contributed by atoms with Gasteiger partial charge in [-0.15, -0.1) is 5.10 Å². The summed E-state index contributed by atoms with van der Waals surface area (Å²) in [4.78, 5) is 37.0. The van der Waals surface area contributed by atoms with Gasteiger partial charge in [0, 0.05) is 12.8 Å². The summed E-state index contributed by atoms with van der Waals surface area (Å²) >= 11 is 0. The van der Waals surface area contributed by atoms with Crippen molar-refractivity contribution in [3.05, 3.63) is 71.5 Å². The summed E-state index contributed by atoms with van der Waals surface area (Å²) in [6.07, 6.45) is 0.511. The van der Waals surface area contributed by atoms with Gasteiger partial charge in [-0.05, 0) is 40.3 Å². The van der Waals surface area contributed by atoms with E-state index in [0.29, 0.717) is 11.4 Å². The molecule has 0 bridgehead atoms. The number of carbonyl (C=O) groups is 3. The number of para-hydroxylation sites is 1. The molecule has 1 aliphatic heterocycles. The van der Waals surface area contributed by atoms with Crippen LogP contribution < -0.4 is 0 Å². The fourth-order valence-electron chi connectivity index (χ4n) is 3.01. The number of aromatic nitrogens is 4. The zero-order valence-corrected chi connectivity index (χ0v) is 15.4. The van der Waals surface area contributed by atoms with Crippen molar-refractivity contribution < 1.29 is 19.1 Å². The molecule has 0 N–H and O–H groups in total. The van der Waals surface area contributed by atoms with Crippen LogP contribution in [0.15, 0.2) is 54.6 Å². The number of hydrogen-bond acceptors (Lipinski definition) is 7. The maximum atomic E-state index is 12.3. The quantitative estimate of drug-likeness (QED) is 0.465. The van der Waals surface area contributed by atoms with Crippen molar-refractivity contribution in [3.63, 3.8) is 0 Å². The molecule has 0 unspecified atom stereocenters. The number of tetrazole rings is 1. The number of ether oxygens (including phenoxy) is 1. The molecular formula is C20H17N5O4. The van der Waals surface area contributed by atoms with E-state index in [-0.39, 0.29) is 37.8 Å². The fourth-order valence-corrected chi connectivity index (χ4v) is 3.01. The van der Waals surface area contributed by atoms with Gasteiger partial charge in [-0.25, -0.2) is 4.79 Å². The number of carbonyl (C=O) groups excluding carboxylic acids is 3. The number of imide groups is 1. The molecule has 4 rings (SSSR count). The molecular weight excluding hydrogens is 374 g/mol. The minimum Gasteiger partial charge on any atom is -0.454 e. The van der Waals surface area contributed by atoms with Crippen LogP contribution in [0.2, 0.25) is 0 Å². The van der Waals surface area contributed by atoms with E-state index < -0.39 is 5.97 Å². The fraction of sp³-hybridized carbons (Fsp3) is 0.200. The molecule has 1 fully saturated rings. The molecule has 0 spiro atoms. The highest BCUT2D eigenvalue weighted by Gasteiger charge is 2.28. The Hall–Kier alpha value is -3.88. The molecule has 2 aromatic carbocycles. The summed E-state index contributed by atoms with van der Waals surface area (Å²) in [6.45, 7) is 0.123. The van der Waals surface area contributed by atoms with E-state index in [1.54, 1.807) is 24.3 Å². The van der Waals surface area contributed by atoms with Gasteiger partial charge < -0.3 is 4.74 Å². The number of esters is 1. The number of hydrogen-bond donors (Lipinski definition) is 0. The molecule has 146 valence electrons.